The molecule has 1 unspecified atom stereocenters. The summed E-state index contributed by atoms with van der Waals surface area (Å²) >= 11 is 6.22. The molecule has 0 aliphatic carbocycles. The van der Waals surface area contributed by atoms with Crippen LogP contribution in [-0.4, -0.2) is 24.5 Å². The number of hydrogen-bond acceptors (Lipinski definition) is 4. The molecule has 0 bridgehead atoms. The van der Waals surface area contributed by atoms with Gasteiger partial charge >= 0.3 is 0 Å². The second kappa shape index (κ2) is 4.38. The maximum Gasteiger partial charge on any atom is 0.159 e. The molecule has 0 spiro atoms. The Morgan fingerprint density at radius 3 is 2.89 bits per heavy atom. The van der Waals surface area contributed by atoms with Crippen LogP contribution < -0.4 is 0 Å². The lowest BCUT2D eigenvalue weighted by atomic mass is 10.4. The first kappa shape index (κ1) is 12.2. The average molecular weight is 280 g/mol. The first-order chi connectivity index (χ1) is 9.08. The molecular formula is C12H14ClN5O. The largest absolute Gasteiger partial charge is 0.359 e. The van der Waals surface area contributed by atoms with Crippen LogP contribution in [0.1, 0.15) is 29.6 Å². The maximum absolute atomic E-state index is 6.22. The molecule has 3 rings (SSSR count). The molecular weight excluding hydrogens is 266 g/mol. The van der Waals surface area contributed by atoms with E-state index in [1.807, 2.05) is 36.2 Å². The molecule has 0 amide bonds. The number of rotatable bonds is 3. The Labute approximate surface area is 115 Å². The van der Waals surface area contributed by atoms with E-state index in [1.165, 1.54) is 0 Å². The van der Waals surface area contributed by atoms with Crippen LogP contribution in [0.5, 0.6) is 0 Å². The minimum absolute atomic E-state index is 0.185. The molecule has 19 heavy (non-hydrogen) atoms. The summed E-state index contributed by atoms with van der Waals surface area (Å²) in [6, 6.07) is 1.83. The van der Waals surface area contributed by atoms with E-state index in [2.05, 4.69) is 15.2 Å². The topological polar surface area (TPSA) is 61.7 Å². The molecule has 0 aliphatic rings. The quantitative estimate of drug-likeness (QED) is 0.691. The van der Waals surface area contributed by atoms with Crippen molar-refractivity contribution in [3.05, 3.63) is 29.5 Å². The lowest BCUT2D eigenvalue weighted by Crippen LogP contribution is -2.08. The van der Waals surface area contributed by atoms with Crippen LogP contribution in [0.2, 0.25) is 0 Å². The molecule has 7 heteroatoms. The number of nitrogens with zero attached hydrogens (tertiary/aromatic N) is 5. The summed E-state index contributed by atoms with van der Waals surface area (Å²) in [5.74, 6) is 1.57. The van der Waals surface area contributed by atoms with Crippen molar-refractivity contribution in [2.45, 2.75) is 25.8 Å². The third kappa shape index (κ3) is 1.92. The summed E-state index contributed by atoms with van der Waals surface area (Å²) in [6.07, 6.45) is 1.63. The number of hydrogen-bond donors (Lipinski definition) is 0. The number of fused-ring (bicyclic) bond motifs is 1. The molecule has 0 aromatic carbocycles. The fraction of sp³-hybridized carbons (Fsp3) is 0.417. The molecule has 3 aromatic rings. The Morgan fingerprint density at radius 2 is 2.26 bits per heavy atom. The number of aryl methyl sites for hydroxylation is 2. The predicted molar refractivity (Wildman–Crippen MR) is 71.1 cm³/mol. The molecule has 6 nitrogen and oxygen atoms in total. The van der Waals surface area contributed by atoms with E-state index >= 15 is 0 Å². The zero-order chi connectivity index (χ0) is 13.6. The summed E-state index contributed by atoms with van der Waals surface area (Å²) in [5.41, 5.74) is 2.72. The van der Waals surface area contributed by atoms with Gasteiger partial charge in [0.1, 0.15) is 11.3 Å². The highest BCUT2D eigenvalue weighted by atomic mass is 35.5. The van der Waals surface area contributed by atoms with Gasteiger partial charge in [-0.15, -0.1) is 11.6 Å². The second-order valence-electron chi connectivity index (χ2n) is 4.53. The summed E-state index contributed by atoms with van der Waals surface area (Å²) in [6.45, 7) is 4.39. The van der Waals surface area contributed by atoms with Gasteiger partial charge in [0, 0.05) is 13.1 Å². The van der Waals surface area contributed by atoms with Crippen molar-refractivity contribution >= 4 is 22.8 Å². The Morgan fingerprint density at radius 1 is 1.47 bits per heavy atom. The van der Waals surface area contributed by atoms with Crippen molar-refractivity contribution in [3.63, 3.8) is 0 Å². The molecule has 0 radical (unpaired) electrons. The summed E-state index contributed by atoms with van der Waals surface area (Å²) in [7, 11) is 1.90. The van der Waals surface area contributed by atoms with E-state index in [9.17, 15) is 0 Å². The monoisotopic (exact) mass is 279 g/mol. The Hall–Kier alpha value is -1.82. The third-order valence-electron chi connectivity index (χ3n) is 3.08. The molecule has 3 heterocycles. The van der Waals surface area contributed by atoms with E-state index in [-0.39, 0.29) is 5.38 Å². The number of alkyl halides is 1. The molecule has 3 aromatic heterocycles. The standard InChI is InChI=1S/C12H14ClN5O/c1-7(13)11-15-10-8(2)16-17(3)12(10)18(11)6-9-4-5-14-19-9/h4-5,7H,6H2,1-3H3. The first-order valence-electron chi connectivity index (χ1n) is 6.01. The fourth-order valence-electron chi connectivity index (χ4n) is 2.29. The van der Waals surface area contributed by atoms with Gasteiger partial charge in [0.05, 0.1) is 23.8 Å². The molecule has 0 N–H and O–H groups in total. The third-order valence-corrected chi connectivity index (χ3v) is 3.28. The van der Waals surface area contributed by atoms with Crippen LogP contribution in [-0.2, 0) is 13.6 Å². The van der Waals surface area contributed by atoms with Gasteiger partial charge in [-0.1, -0.05) is 5.16 Å². The van der Waals surface area contributed by atoms with E-state index in [0.29, 0.717) is 6.54 Å². The highest BCUT2D eigenvalue weighted by Crippen LogP contribution is 2.26. The van der Waals surface area contributed by atoms with Crippen molar-refractivity contribution in [2.75, 3.05) is 0 Å². The van der Waals surface area contributed by atoms with E-state index in [4.69, 9.17) is 16.1 Å². The molecule has 0 aliphatic heterocycles. The number of imidazole rings is 1. The van der Waals surface area contributed by atoms with Gasteiger partial charge in [-0.2, -0.15) is 5.10 Å². The van der Waals surface area contributed by atoms with Crippen LogP contribution in [0.25, 0.3) is 11.2 Å². The minimum Gasteiger partial charge on any atom is -0.359 e. The van der Waals surface area contributed by atoms with Crippen molar-refractivity contribution in [1.29, 1.82) is 0 Å². The normalized spacial score (nSPS) is 13.3. The minimum atomic E-state index is -0.185. The molecule has 1 atom stereocenters. The zero-order valence-electron chi connectivity index (χ0n) is 11.0. The number of aromatic nitrogens is 5. The second-order valence-corrected chi connectivity index (χ2v) is 5.19. The lowest BCUT2D eigenvalue weighted by molar-refractivity contribution is 0.375. The van der Waals surface area contributed by atoms with Crippen molar-refractivity contribution < 1.29 is 4.52 Å². The Bertz CT molecular complexity index is 710. The summed E-state index contributed by atoms with van der Waals surface area (Å²) in [4.78, 5) is 4.60. The SMILES string of the molecule is Cc1nn(C)c2c1nc(C(C)Cl)n2Cc1ccno1. The van der Waals surface area contributed by atoms with Gasteiger partial charge in [-0.3, -0.25) is 4.68 Å². The molecule has 100 valence electrons. The highest BCUT2D eigenvalue weighted by Gasteiger charge is 2.20. The van der Waals surface area contributed by atoms with E-state index in [0.717, 1.165) is 28.4 Å². The van der Waals surface area contributed by atoms with Crippen molar-refractivity contribution in [2.24, 2.45) is 7.05 Å². The van der Waals surface area contributed by atoms with Crippen molar-refractivity contribution in [3.8, 4) is 0 Å². The van der Waals surface area contributed by atoms with Gasteiger partial charge in [0.15, 0.2) is 11.4 Å². The van der Waals surface area contributed by atoms with Gasteiger partial charge < -0.3 is 9.09 Å². The van der Waals surface area contributed by atoms with E-state index in [1.54, 1.807) is 6.20 Å². The van der Waals surface area contributed by atoms with E-state index < -0.39 is 0 Å². The Kier molecular flexibility index (Phi) is 2.82. The Balaban J connectivity index is 2.21. The molecule has 0 saturated carbocycles. The van der Waals surface area contributed by atoms with Crippen LogP contribution in [0.4, 0.5) is 0 Å². The van der Waals surface area contributed by atoms with Gasteiger partial charge in [0.2, 0.25) is 0 Å². The zero-order valence-corrected chi connectivity index (χ0v) is 11.7. The summed E-state index contributed by atoms with van der Waals surface area (Å²) < 4.78 is 9.00. The lowest BCUT2D eigenvalue weighted by Gasteiger charge is -2.08. The highest BCUT2D eigenvalue weighted by molar-refractivity contribution is 6.20. The first-order valence-corrected chi connectivity index (χ1v) is 6.45. The molecule has 0 saturated heterocycles. The predicted octanol–water partition coefficient (Wildman–Crippen LogP) is 2.41. The van der Waals surface area contributed by atoms with Crippen LogP contribution in [0.15, 0.2) is 16.8 Å². The van der Waals surface area contributed by atoms with Crippen molar-refractivity contribution in [1.82, 2.24) is 24.5 Å². The average Bonchev–Trinajstić information content (AvgIpc) is 3.00. The summed E-state index contributed by atoms with van der Waals surface area (Å²) in [5, 5.41) is 7.92. The number of halogens is 1. The smallest absolute Gasteiger partial charge is 0.159 e. The van der Waals surface area contributed by atoms with Gasteiger partial charge in [-0.25, -0.2) is 4.98 Å². The van der Waals surface area contributed by atoms with Crippen LogP contribution >= 0.6 is 11.6 Å². The fourth-order valence-corrected chi connectivity index (χ4v) is 2.46. The molecule has 0 fully saturated rings. The van der Waals surface area contributed by atoms with Crippen LogP contribution in [0.3, 0.4) is 0 Å². The maximum atomic E-state index is 6.22. The van der Waals surface area contributed by atoms with Crippen LogP contribution in [0, 0.1) is 6.92 Å². The van der Waals surface area contributed by atoms with Gasteiger partial charge in [-0.05, 0) is 13.8 Å². The van der Waals surface area contributed by atoms with Gasteiger partial charge in [0.25, 0.3) is 0 Å².